The Morgan fingerprint density at radius 3 is 2.36 bits per heavy atom. The lowest BCUT2D eigenvalue weighted by atomic mass is 9.87. The maximum Gasteiger partial charge on any atom is 0.410 e. The molecule has 3 rings (SSSR count). The van der Waals surface area contributed by atoms with Gasteiger partial charge < -0.3 is 38.6 Å². The van der Waals surface area contributed by atoms with Gasteiger partial charge in [0.2, 0.25) is 0 Å². The van der Waals surface area contributed by atoms with Crippen LogP contribution in [0, 0.1) is 6.92 Å². The van der Waals surface area contributed by atoms with Crippen LogP contribution in [0.4, 0.5) is 4.79 Å². The topological polar surface area (TPSA) is 116 Å². The Morgan fingerprint density at radius 1 is 1.10 bits per heavy atom. The predicted molar refractivity (Wildman–Crippen MR) is 144 cm³/mol. The molecule has 0 spiro atoms. The maximum atomic E-state index is 13.4. The zero-order valence-electron chi connectivity index (χ0n) is 23.8. The molecule has 0 aromatic heterocycles. The van der Waals surface area contributed by atoms with Gasteiger partial charge in [-0.15, -0.1) is 0 Å². The second-order valence-electron chi connectivity index (χ2n) is 10.4. The van der Waals surface area contributed by atoms with Crippen LogP contribution >= 0.6 is 0 Å². The van der Waals surface area contributed by atoms with Crippen molar-refractivity contribution >= 4 is 6.09 Å². The molecule has 39 heavy (non-hydrogen) atoms. The second kappa shape index (κ2) is 13.3. The first-order chi connectivity index (χ1) is 18.6. The molecule has 1 aliphatic heterocycles. The van der Waals surface area contributed by atoms with Crippen molar-refractivity contribution in [2.75, 3.05) is 41.3 Å². The number of hydrogen-bond donors (Lipinski definition) is 2. The van der Waals surface area contributed by atoms with E-state index in [-0.39, 0.29) is 19.9 Å². The molecule has 1 aliphatic rings. The number of hydrogen-bond acceptors (Lipinski definition) is 9. The van der Waals surface area contributed by atoms with Crippen LogP contribution in [0.15, 0.2) is 36.4 Å². The van der Waals surface area contributed by atoms with Crippen molar-refractivity contribution < 1.29 is 43.4 Å². The molecule has 10 heteroatoms. The van der Waals surface area contributed by atoms with E-state index in [1.54, 1.807) is 26.8 Å². The summed E-state index contributed by atoms with van der Waals surface area (Å²) in [7, 11) is 4.52. The van der Waals surface area contributed by atoms with E-state index >= 15 is 0 Å². The van der Waals surface area contributed by atoms with Crippen LogP contribution < -0.4 is 14.2 Å². The third kappa shape index (κ3) is 7.13. The summed E-state index contributed by atoms with van der Waals surface area (Å²) in [5.74, 6) is 0.404. The fourth-order valence-electron chi connectivity index (χ4n) is 4.85. The van der Waals surface area contributed by atoms with Gasteiger partial charge in [-0.25, -0.2) is 4.79 Å². The molecule has 2 N–H and O–H groups in total. The number of likely N-dealkylation sites (tertiary alicyclic amines) is 1. The Balaban J connectivity index is 2.07. The van der Waals surface area contributed by atoms with Crippen LogP contribution in [-0.2, 0) is 20.8 Å². The highest BCUT2D eigenvalue weighted by molar-refractivity contribution is 5.70. The quantitative estimate of drug-likeness (QED) is 0.407. The molecule has 2 aromatic rings. The summed E-state index contributed by atoms with van der Waals surface area (Å²) in [5.41, 5.74) is 1.33. The lowest BCUT2D eigenvalue weighted by molar-refractivity contribution is -0.0309. The standard InChI is InChI=1S/C29H41NO9/c1-18-22(35-6)13-20(27(26(18)36-7)38-17-34-5)21(15-31)24-25(32)23(37-16-19-11-9-8-10-12-19)14-30(24)28(33)39-29(2,3)4/h8-13,21,23-25,31-32H,14-17H2,1-7H3/t21-,23-,24+,25-/m1/s1. The summed E-state index contributed by atoms with van der Waals surface area (Å²) in [5, 5.41) is 22.3. The van der Waals surface area contributed by atoms with Gasteiger partial charge in [-0.1, -0.05) is 30.3 Å². The van der Waals surface area contributed by atoms with Crippen LogP contribution in [0.25, 0.3) is 0 Å². The molecule has 216 valence electrons. The average molecular weight is 548 g/mol. The summed E-state index contributed by atoms with van der Waals surface area (Å²) in [4.78, 5) is 14.8. The smallest absolute Gasteiger partial charge is 0.410 e. The van der Waals surface area contributed by atoms with Gasteiger partial charge in [-0.3, -0.25) is 4.90 Å². The summed E-state index contributed by atoms with van der Waals surface area (Å²) < 4.78 is 34.1. The van der Waals surface area contributed by atoms with Crippen molar-refractivity contribution in [2.24, 2.45) is 0 Å². The van der Waals surface area contributed by atoms with Crippen molar-refractivity contribution in [1.29, 1.82) is 0 Å². The summed E-state index contributed by atoms with van der Waals surface area (Å²) in [6.45, 7) is 6.93. The molecular formula is C29H41NO9. The van der Waals surface area contributed by atoms with E-state index in [4.69, 9.17) is 28.4 Å². The van der Waals surface area contributed by atoms with Gasteiger partial charge in [0.15, 0.2) is 18.3 Å². The third-order valence-electron chi connectivity index (χ3n) is 6.62. The molecule has 0 radical (unpaired) electrons. The van der Waals surface area contributed by atoms with Crippen LogP contribution in [0.3, 0.4) is 0 Å². The van der Waals surface area contributed by atoms with Crippen molar-refractivity contribution in [2.45, 2.75) is 64.1 Å². The minimum Gasteiger partial charge on any atom is -0.496 e. The average Bonchev–Trinajstić information content (AvgIpc) is 3.23. The van der Waals surface area contributed by atoms with Crippen LogP contribution in [-0.4, -0.2) is 86.3 Å². The van der Waals surface area contributed by atoms with Gasteiger partial charge in [0, 0.05) is 24.2 Å². The summed E-state index contributed by atoms with van der Waals surface area (Å²) in [6.07, 6.45) is -2.50. The molecule has 1 amide bonds. The second-order valence-corrected chi connectivity index (χ2v) is 10.4. The van der Waals surface area contributed by atoms with Gasteiger partial charge in [0.25, 0.3) is 0 Å². The largest absolute Gasteiger partial charge is 0.496 e. The molecule has 2 aromatic carbocycles. The van der Waals surface area contributed by atoms with Crippen molar-refractivity contribution in [1.82, 2.24) is 4.90 Å². The molecule has 0 bridgehead atoms. The monoisotopic (exact) mass is 547 g/mol. The number of carbonyl (C=O) groups is 1. The zero-order valence-corrected chi connectivity index (χ0v) is 23.8. The van der Waals surface area contributed by atoms with Gasteiger partial charge in [0.1, 0.15) is 23.6 Å². The van der Waals surface area contributed by atoms with Crippen molar-refractivity contribution in [3.05, 3.63) is 53.1 Å². The Bertz CT molecular complexity index is 1090. The number of aliphatic hydroxyl groups is 2. The highest BCUT2D eigenvalue weighted by Crippen LogP contribution is 2.46. The van der Waals surface area contributed by atoms with E-state index < -0.39 is 42.5 Å². The molecule has 0 aliphatic carbocycles. The molecule has 1 fully saturated rings. The predicted octanol–water partition coefficient (Wildman–Crippen LogP) is 3.64. The minimum atomic E-state index is -1.15. The van der Waals surface area contributed by atoms with E-state index in [1.165, 1.54) is 26.2 Å². The van der Waals surface area contributed by atoms with Gasteiger partial charge in [-0.2, -0.15) is 0 Å². The summed E-state index contributed by atoms with van der Waals surface area (Å²) >= 11 is 0. The molecule has 1 saturated heterocycles. The fourth-order valence-corrected chi connectivity index (χ4v) is 4.85. The highest BCUT2D eigenvalue weighted by Gasteiger charge is 2.50. The summed E-state index contributed by atoms with van der Waals surface area (Å²) in [6, 6.07) is 10.4. The molecule has 4 atom stereocenters. The molecule has 0 unspecified atom stereocenters. The molecular weight excluding hydrogens is 506 g/mol. The fraction of sp³-hybridized carbons (Fsp3) is 0.552. The SMILES string of the molecule is COCOc1c([C@@H](CO)[C@H]2[C@H](O)[C@H](OCc3ccccc3)CN2C(=O)OC(C)(C)C)cc(OC)c(C)c1OC. The number of methoxy groups -OCH3 is 3. The number of carbonyl (C=O) groups excluding carboxylic acids is 1. The van der Waals surface area contributed by atoms with E-state index in [0.29, 0.717) is 28.4 Å². The van der Waals surface area contributed by atoms with Crippen molar-refractivity contribution in [3.8, 4) is 17.2 Å². The van der Waals surface area contributed by atoms with E-state index in [2.05, 4.69) is 0 Å². The lowest BCUT2D eigenvalue weighted by Crippen LogP contribution is -2.47. The molecule has 1 heterocycles. The highest BCUT2D eigenvalue weighted by atomic mass is 16.7. The van der Waals surface area contributed by atoms with E-state index in [1.807, 2.05) is 37.3 Å². The first kappa shape index (κ1) is 30.5. The maximum absolute atomic E-state index is 13.4. The van der Waals surface area contributed by atoms with Gasteiger partial charge >= 0.3 is 6.09 Å². The first-order valence-electron chi connectivity index (χ1n) is 12.9. The van der Waals surface area contributed by atoms with Gasteiger partial charge in [-0.05, 0) is 39.3 Å². The number of benzene rings is 2. The third-order valence-corrected chi connectivity index (χ3v) is 6.62. The van der Waals surface area contributed by atoms with Gasteiger partial charge in [0.05, 0.1) is 40.0 Å². The Kier molecular flexibility index (Phi) is 10.4. The van der Waals surface area contributed by atoms with E-state index in [9.17, 15) is 15.0 Å². The molecule has 10 nitrogen and oxygen atoms in total. The zero-order chi connectivity index (χ0) is 28.7. The normalized spacial score (nSPS) is 20.0. The van der Waals surface area contributed by atoms with Crippen LogP contribution in [0.1, 0.15) is 43.4 Å². The first-order valence-corrected chi connectivity index (χ1v) is 12.9. The van der Waals surface area contributed by atoms with Crippen LogP contribution in [0.2, 0.25) is 0 Å². The Morgan fingerprint density at radius 2 is 1.79 bits per heavy atom. The number of aliphatic hydroxyl groups excluding tert-OH is 2. The number of ether oxygens (including phenoxy) is 6. The van der Waals surface area contributed by atoms with E-state index in [0.717, 1.165) is 5.56 Å². The Hall–Kier alpha value is -3.05. The lowest BCUT2D eigenvalue weighted by Gasteiger charge is -2.34. The Labute approximate surface area is 230 Å². The minimum absolute atomic E-state index is 0.0679. The number of nitrogens with zero attached hydrogens (tertiary/aromatic N) is 1. The number of rotatable bonds is 11. The van der Waals surface area contributed by atoms with Crippen molar-refractivity contribution in [3.63, 3.8) is 0 Å². The van der Waals surface area contributed by atoms with Crippen LogP contribution in [0.5, 0.6) is 17.2 Å². The number of amides is 1. The molecule has 0 saturated carbocycles.